The normalized spacial score (nSPS) is 15.2. The van der Waals surface area contributed by atoms with Crippen molar-refractivity contribution in [3.05, 3.63) is 64.9 Å². The minimum Gasteiger partial charge on any atom is -0.491 e. The first-order valence-electron chi connectivity index (χ1n) is 9.17. The van der Waals surface area contributed by atoms with Crippen LogP contribution in [0.15, 0.2) is 48.5 Å². The molecule has 0 spiro atoms. The van der Waals surface area contributed by atoms with Crippen LogP contribution in [0.25, 0.3) is 0 Å². The van der Waals surface area contributed by atoms with Gasteiger partial charge in [0.25, 0.3) is 5.91 Å². The number of ether oxygens (including phenoxy) is 1. The van der Waals surface area contributed by atoms with Crippen LogP contribution in [-0.4, -0.2) is 55.0 Å². The quantitative estimate of drug-likeness (QED) is 0.744. The number of rotatable bonds is 6. The fourth-order valence-electron chi connectivity index (χ4n) is 3.35. The zero-order chi connectivity index (χ0) is 19.2. The van der Waals surface area contributed by atoms with Crippen LogP contribution in [0.5, 0.6) is 5.75 Å². The molecule has 1 amide bonds. The van der Waals surface area contributed by atoms with E-state index in [1.807, 2.05) is 35.2 Å². The Morgan fingerprint density at radius 3 is 2.59 bits per heavy atom. The molecule has 1 aliphatic heterocycles. The van der Waals surface area contributed by atoms with E-state index in [-0.39, 0.29) is 16.7 Å². The lowest BCUT2D eigenvalue weighted by atomic mass is 10.0. The molecule has 144 valence electrons. The van der Waals surface area contributed by atoms with Gasteiger partial charge in [-0.3, -0.25) is 9.69 Å². The summed E-state index contributed by atoms with van der Waals surface area (Å²) in [5.41, 5.74) is 0.744. The highest BCUT2D eigenvalue weighted by atomic mass is 35.5. The highest BCUT2D eigenvalue weighted by Crippen LogP contribution is 2.25. The van der Waals surface area contributed by atoms with Crippen LogP contribution >= 0.6 is 11.6 Å². The van der Waals surface area contributed by atoms with Crippen LogP contribution in [0.2, 0.25) is 5.02 Å². The average Bonchev–Trinajstić information content (AvgIpc) is 2.70. The standard InChI is InChI=1S/C21H24ClFN2O2/c1-24(13-14-27-20-8-7-17(23)15-19(20)22)18-9-11-25(12-10-18)21(26)16-5-3-2-4-6-16/h2-8,15,18H,9-14H2,1H3. The molecule has 6 heteroatoms. The van der Waals surface area contributed by atoms with Gasteiger partial charge >= 0.3 is 0 Å². The molecule has 1 fully saturated rings. The molecule has 0 aromatic heterocycles. The molecular weight excluding hydrogens is 367 g/mol. The Balaban J connectivity index is 1.43. The molecule has 2 aromatic rings. The molecule has 1 heterocycles. The number of benzene rings is 2. The number of likely N-dealkylation sites (tertiary alicyclic amines) is 1. The summed E-state index contributed by atoms with van der Waals surface area (Å²) >= 11 is 5.97. The van der Waals surface area contributed by atoms with E-state index in [0.29, 0.717) is 18.4 Å². The number of likely N-dealkylation sites (N-methyl/N-ethyl adjacent to an activating group) is 1. The first kappa shape index (κ1) is 19.6. The largest absolute Gasteiger partial charge is 0.491 e. The van der Waals surface area contributed by atoms with Crippen molar-refractivity contribution in [2.24, 2.45) is 0 Å². The van der Waals surface area contributed by atoms with Gasteiger partial charge in [0.1, 0.15) is 18.2 Å². The highest BCUT2D eigenvalue weighted by molar-refractivity contribution is 6.32. The van der Waals surface area contributed by atoms with Crippen LogP contribution in [0.3, 0.4) is 0 Å². The van der Waals surface area contributed by atoms with E-state index in [9.17, 15) is 9.18 Å². The van der Waals surface area contributed by atoms with Gasteiger partial charge in [0.15, 0.2) is 0 Å². The molecule has 1 aliphatic rings. The number of carbonyl (C=O) groups excluding carboxylic acids is 1. The number of hydrogen-bond acceptors (Lipinski definition) is 3. The van der Waals surface area contributed by atoms with Gasteiger partial charge in [-0.15, -0.1) is 0 Å². The number of amides is 1. The van der Waals surface area contributed by atoms with E-state index >= 15 is 0 Å². The minimum absolute atomic E-state index is 0.103. The van der Waals surface area contributed by atoms with Crippen molar-refractivity contribution in [3.63, 3.8) is 0 Å². The second-order valence-corrected chi connectivity index (χ2v) is 7.20. The lowest BCUT2D eigenvalue weighted by Gasteiger charge is -2.36. The summed E-state index contributed by atoms with van der Waals surface area (Å²) in [5, 5.41) is 0.283. The lowest BCUT2D eigenvalue weighted by Crippen LogP contribution is -2.46. The van der Waals surface area contributed by atoms with E-state index in [1.165, 1.54) is 12.1 Å². The Morgan fingerprint density at radius 1 is 1.22 bits per heavy atom. The van der Waals surface area contributed by atoms with E-state index in [0.717, 1.165) is 38.0 Å². The summed E-state index contributed by atoms with van der Waals surface area (Å²) in [6.45, 7) is 2.73. The van der Waals surface area contributed by atoms with Crippen LogP contribution in [0.1, 0.15) is 23.2 Å². The number of hydrogen-bond donors (Lipinski definition) is 0. The van der Waals surface area contributed by atoms with Crippen molar-refractivity contribution in [3.8, 4) is 5.75 Å². The predicted octanol–water partition coefficient (Wildman–Crippen LogP) is 4.09. The minimum atomic E-state index is -0.374. The average molecular weight is 391 g/mol. The molecule has 1 saturated heterocycles. The fraction of sp³-hybridized carbons (Fsp3) is 0.381. The van der Waals surface area contributed by atoms with Gasteiger partial charge in [-0.25, -0.2) is 4.39 Å². The Bertz CT molecular complexity index is 764. The van der Waals surface area contributed by atoms with Crippen molar-refractivity contribution in [1.29, 1.82) is 0 Å². The summed E-state index contributed by atoms with van der Waals surface area (Å²) in [6.07, 6.45) is 1.87. The van der Waals surface area contributed by atoms with Crippen LogP contribution in [0, 0.1) is 5.82 Å². The van der Waals surface area contributed by atoms with E-state index < -0.39 is 0 Å². The zero-order valence-corrected chi connectivity index (χ0v) is 16.2. The SMILES string of the molecule is CN(CCOc1ccc(F)cc1Cl)C1CCN(C(=O)c2ccccc2)CC1. The van der Waals surface area contributed by atoms with Crippen molar-refractivity contribution < 1.29 is 13.9 Å². The molecule has 0 unspecified atom stereocenters. The molecule has 0 bridgehead atoms. The van der Waals surface area contributed by atoms with Gasteiger partial charge < -0.3 is 9.64 Å². The highest BCUT2D eigenvalue weighted by Gasteiger charge is 2.25. The maximum atomic E-state index is 13.1. The second kappa shape index (κ2) is 9.20. The smallest absolute Gasteiger partial charge is 0.253 e. The van der Waals surface area contributed by atoms with Gasteiger partial charge in [-0.1, -0.05) is 29.8 Å². The van der Waals surface area contributed by atoms with Crippen molar-refractivity contribution in [1.82, 2.24) is 9.80 Å². The molecule has 0 atom stereocenters. The molecule has 0 aliphatic carbocycles. The van der Waals surface area contributed by atoms with Crippen LogP contribution in [-0.2, 0) is 0 Å². The summed E-state index contributed by atoms with van der Waals surface area (Å²) in [5.74, 6) is 0.224. The molecule has 4 nitrogen and oxygen atoms in total. The van der Waals surface area contributed by atoms with Gasteiger partial charge in [0.05, 0.1) is 5.02 Å². The van der Waals surface area contributed by atoms with Crippen LogP contribution < -0.4 is 4.74 Å². The molecule has 0 radical (unpaired) electrons. The molecule has 27 heavy (non-hydrogen) atoms. The third-order valence-electron chi connectivity index (χ3n) is 4.99. The maximum Gasteiger partial charge on any atom is 0.253 e. The summed E-state index contributed by atoms with van der Waals surface area (Å²) < 4.78 is 18.7. The van der Waals surface area contributed by atoms with E-state index in [2.05, 4.69) is 11.9 Å². The van der Waals surface area contributed by atoms with Crippen molar-refractivity contribution in [2.45, 2.75) is 18.9 Å². The molecule has 2 aromatic carbocycles. The second-order valence-electron chi connectivity index (χ2n) is 6.79. The number of piperidine rings is 1. The fourth-order valence-corrected chi connectivity index (χ4v) is 3.57. The van der Waals surface area contributed by atoms with E-state index in [4.69, 9.17) is 16.3 Å². The first-order valence-corrected chi connectivity index (χ1v) is 9.55. The van der Waals surface area contributed by atoms with Gasteiger partial charge in [0.2, 0.25) is 0 Å². The Hall–Kier alpha value is -2.11. The topological polar surface area (TPSA) is 32.8 Å². The number of nitrogens with zero attached hydrogens (tertiary/aromatic N) is 2. The van der Waals surface area contributed by atoms with Gasteiger partial charge in [-0.2, -0.15) is 0 Å². The van der Waals surface area contributed by atoms with Crippen LogP contribution in [0.4, 0.5) is 4.39 Å². The number of carbonyl (C=O) groups is 1. The third kappa shape index (κ3) is 5.21. The Morgan fingerprint density at radius 2 is 1.93 bits per heavy atom. The summed E-state index contributed by atoms with van der Waals surface area (Å²) in [4.78, 5) is 16.7. The third-order valence-corrected chi connectivity index (χ3v) is 5.29. The Kier molecular flexibility index (Phi) is 6.69. The molecule has 0 N–H and O–H groups in total. The molecular formula is C21H24ClFN2O2. The molecule has 3 rings (SSSR count). The monoisotopic (exact) mass is 390 g/mol. The predicted molar refractivity (Wildman–Crippen MR) is 105 cm³/mol. The first-order chi connectivity index (χ1) is 13.0. The summed E-state index contributed by atoms with van der Waals surface area (Å²) in [6, 6.07) is 14.0. The number of halogens is 2. The summed E-state index contributed by atoms with van der Waals surface area (Å²) in [7, 11) is 2.06. The lowest BCUT2D eigenvalue weighted by molar-refractivity contribution is 0.0633. The van der Waals surface area contributed by atoms with E-state index in [1.54, 1.807) is 6.07 Å². The van der Waals surface area contributed by atoms with Crippen molar-refractivity contribution >= 4 is 17.5 Å². The van der Waals surface area contributed by atoms with Crippen molar-refractivity contribution in [2.75, 3.05) is 33.3 Å². The zero-order valence-electron chi connectivity index (χ0n) is 15.4. The molecule has 0 saturated carbocycles. The Labute approximate surface area is 164 Å². The van der Waals surface area contributed by atoms with Gasteiger partial charge in [-0.05, 0) is 50.2 Å². The van der Waals surface area contributed by atoms with Gasteiger partial charge in [0, 0.05) is 31.2 Å². The maximum absolute atomic E-state index is 13.1.